The number of hydrogen-bond donors (Lipinski definition) is 1. The summed E-state index contributed by atoms with van der Waals surface area (Å²) in [6.07, 6.45) is 2.04. The molecule has 0 amide bonds. The van der Waals surface area contributed by atoms with Crippen LogP contribution in [-0.2, 0) is 10.2 Å². The highest BCUT2D eigenvalue weighted by Crippen LogP contribution is 2.23. The average Bonchev–Trinajstić information content (AvgIpc) is 2.32. The van der Waals surface area contributed by atoms with Gasteiger partial charge in [-0.2, -0.15) is 12.7 Å². The fraction of sp³-hybridized carbons (Fsp3) is 1.00. The van der Waals surface area contributed by atoms with Gasteiger partial charge < -0.3 is 0 Å². The van der Waals surface area contributed by atoms with Crippen LogP contribution in [0.4, 0.5) is 0 Å². The van der Waals surface area contributed by atoms with Crippen molar-refractivity contribution in [2.45, 2.75) is 26.7 Å². The van der Waals surface area contributed by atoms with E-state index < -0.39 is 10.2 Å². The van der Waals surface area contributed by atoms with Gasteiger partial charge in [0.05, 0.1) is 0 Å². The van der Waals surface area contributed by atoms with E-state index >= 15 is 0 Å². The van der Waals surface area contributed by atoms with E-state index in [4.69, 9.17) is 5.14 Å². The molecule has 13 heavy (non-hydrogen) atoms. The maximum absolute atomic E-state index is 11.0. The summed E-state index contributed by atoms with van der Waals surface area (Å²) in [6, 6.07) is 0. The zero-order chi connectivity index (χ0) is 10.1. The van der Waals surface area contributed by atoms with Crippen LogP contribution in [0.15, 0.2) is 0 Å². The molecule has 1 fully saturated rings. The highest BCUT2D eigenvalue weighted by Gasteiger charge is 2.28. The lowest BCUT2D eigenvalue weighted by molar-refractivity contribution is 0.407. The minimum atomic E-state index is -3.44. The van der Waals surface area contributed by atoms with Crippen molar-refractivity contribution in [3.05, 3.63) is 0 Å². The second-order valence-electron chi connectivity index (χ2n) is 4.19. The van der Waals surface area contributed by atoms with Crippen molar-refractivity contribution in [2.75, 3.05) is 13.1 Å². The van der Waals surface area contributed by atoms with E-state index in [1.165, 1.54) is 4.31 Å². The topological polar surface area (TPSA) is 63.4 Å². The van der Waals surface area contributed by atoms with Crippen LogP contribution in [0.1, 0.15) is 26.7 Å². The lowest BCUT2D eigenvalue weighted by Gasteiger charge is -2.14. The minimum Gasteiger partial charge on any atom is -0.216 e. The summed E-state index contributed by atoms with van der Waals surface area (Å²) >= 11 is 0. The molecule has 0 bridgehead atoms. The zero-order valence-electron chi connectivity index (χ0n) is 8.23. The second kappa shape index (κ2) is 3.94. The van der Waals surface area contributed by atoms with Gasteiger partial charge in [-0.15, -0.1) is 0 Å². The Morgan fingerprint density at radius 3 is 2.54 bits per heavy atom. The molecule has 0 spiro atoms. The van der Waals surface area contributed by atoms with Crippen molar-refractivity contribution in [3.8, 4) is 0 Å². The molecule has 1 saturated heterocycles. The molecule has 1 unspecified atom stereocenters. The summed E-state index contributed by atoms with van der Waals surface area (Å²) in [7, 11) is -3.44. The third kappa shape index (κ3) is 3.25. The number of hydrogen-bond acceptors (Lipinski definition) is 2. The van der Waals surface area contributed by atoms with Crippen molar-refractivity contribution < 1.29 is 8.42 Å². The molecule has 1 aliphatic heterocycles. The van der Waals surface area contributed by atoms with Gasteiger partial charge >= 0.3 is 0 Å². The van der Waals surface area contributed by atoms with Crippen LogP contribution in [0.3, 0.4) is 0 Å². The molecule has 0 radical (unpaired) electrons. The summed E-state index contributed by atoms with van der Waals surface area (Å²) in [5.74, 6) is 1.13. The second-order valence-corrected chi connectivity index (χ2v) is 5.73. The Hall–Kier alpha value is -0.130. The van der Waals surface area contributed by atoms with Crippen molar-refractivity contribution in [1.82, 2.24) is 4.31 Å². The van der Waals surface area contributed by atoms with Gasteiger partial charge in [0.2, 0.25) is 0 Å². The van der Waals surface area contributed by atoms with Gasteiger partial charge in [0.15, 0.2) is 0 Å². The Labute approximate surface area is 80.3 Å². The Balaban J connectivity index is 2.46. The van der Waals surface area contributed by atoms with Gasteiger partial charge in [0.25, 0.3) is 10.2 Å². The van der Waals surface area contributed by atoms with Gasteiger partial charge in [-0.1, -0.05) is 13.8 Å². The van der Waals surface area contributed by atoms with E-state index in [2.05, 4.69) is 13.8 Å². The number of nitrogens with two attached hydrogens (primary N) is 1. The molecule has 1 rings (SSSR count). The molecule has 78 valence electrons. The molecule has 1 aliphatic rings. The first-order valence-electron chi connectivity index (χ1n) is 4.67. The largest absolute Gasteiger partial charge is 0.276 e. The van der Waals surface area contributed by atoms with E-state index in [9.17, 15) is 8.42 Å². The van der Waals surface area contributed by atoms with Crippen molar-refractivity contribution >= 4 is 10.2 Å². The first kappa shape index (κ1) is 10.9. The molecule has 1 heterocycles. The summed E-state index contributed by atoms with van der Waals surface area (Å²) in [5, 5.41) is 5.03. The van der Waals surface area contributed by atoms with E-state index in [1.54, 1.807) is 0 Å². The van der Waals surface area contributed by atoms with Crippen LogP contribution in [0.5, 0.6) is 0 Å². The molecule has 0 aliphatic carbocycles. The molecule has 2 N–H and O–H groups in total. The molecule has 0 saturated carbocycles. The van der Waals surface area contributed by atoms with Crippen LogP contribution in [0.25, 0.3) is 0 Å². The monoisotopic (exact) mass is 206 g/mol. The molecule has 5 heteroatoms. The Bertz CT molecular complexity index is 261. The van der Waals surface area contributed by atoms with Gasteiger partial charge in [-0.05, 0) is 24.7 Å². The minimum absolute atomic E-state index is 0.498. The van der Waals surface area contributed by atoms with Gasteiger partial charge in [-0.25, -0.2) is 5.14 Å². The van der Waals surface area contributed by atoms with Crippen molar-refractivity contribution in [1.29, 1.82) is 0 Å². The number of nitrogens with zero attached hydrogens (tertiary/aromatic N) is 1. The lowest BCUT2D eigenvalue weighted by Crippen LogP contribution is -2.34. The first-order valence-corrected chi connectivity index (χ1v) is 6.17. The first-order chi connectivity index (χ1) is 5.89. The van der Waals surface area contributed by atoms with E-state index in [0.717, 1.165) is 12.8 Å². The third-order valence-electron chi connectivity index (χ3n) is 2.41. The normalized spacial score (nSPS) is 25.7. The highest BCUT2D eigenvalue weighted by atomic mass is 32.2. The van der Waals surface area contributed by atoms with Crippen LogP contribution >= 0.6 is 0 Å². The van der Waals surface area contributed by atoms with Crippen LogP contribution in [0, 0.1) is 11.8 Å². The van der Waals surface area contributed by atoms with Gasteiger partial charge in [0, 0.05) is 13.1 Å². The molecule has 1 atom stereocenters. The summed E-state index contributed by atoms with van der Waals surface area (Å²) in [4.78, 5) is 0. The third-order valence-corrected chi connectivity index (χ3v) is 3.46. The fourth-order valence-electron chi connectivity index (χ4n) is 1.89. The molecule has 0 aromatic rings. The van der Waals surface area contributed by atoms with Gasteiger partial charge in [0.1, 0.15) is 0 Å². The molecule has 4 nitrogen and oxygen atoms in total. The summed E-state index contributed by atoms with van der Waals surface area (Å²) in [6.45, 7) is 5.51. The standard InChI is InChI=1S/C8H18N2O2S/c1-7(2)5-8-3-4-10(6-8)13(9,11)12/h7-8H,3-6H2,1-2H3,(H2,9,11,12). The quantitative estimate of drug-likeness (QED) is 0.733. The maximum atomic E-state index is 11.0. The Morgan fingerprint density at radius 1 is 1.54 bits per heavy atom. The Kier molecular flexibility index (Phi) is 3.32. The van der Waals surface area contributed by atoms with Gasteiger partial charge in [-0.3, -0.25) is 0 Å². The SMILES string of the molecule is CC(C)CC1CCN(S(N)(=O)=O)C1. The summed E-state index contributed by atoms with van der Waals surface area (Å²) < 4.78 is 23.3. The van der Waals surface area contributed by atoms with Crippen molar-refractivity contribution in [3.63, 3.8) is 0 Å². The fourth-order valence-corrected chi connectivity index (χ4v) is 2.67. The van der Waals surface area contributed by atoms with E-state index in [0.29, 0.717) is 24.9 Å². The van der Waals surface area contributed by atoms with Crippen LogP contribution in [0.2, 0.25) is 0 Å². The van der Waals surface area contributed by atoms with Crippen LogP contribution in [-0.4, -0.2) is 25.8 Å². The molecule has 0 aromatic carbocycles. The highest BCUT2D eigenvalue weighted by molar-refractivity contribution is 7.86. The maximum Gasteiger partial charge on any atom is 0.276 e. The smallest absolute Gasteiger partial charge is 0.216 e. The number of rotatable bonds is 3. The average molecular weight is 206 g/mol. The predicted octanol–water partition coefficient (Wildman–Crippen LogP) is 0.558. The molecular formula is C8H18N2O2S. The molecular weight excluding hydrogens is 188 g/mol. The summed E-state index contributed by atoms with van der Waals surface area (Å²) in [5.41, 5.74) is 0. The zero-order valence-corrected chi connectivity index (χ0v) is 9.05. The van der Waals surface area contributed by atoms with E-state index in [-0.39, 0.29) is 0 Å². The van der Waals surface area contributed by atoms with E-state index in [1.807, 2.05) is 0 Å². The Morgan fingerprint density at radius 2 is 2.15 bits per heavy atom. The van der Waals surface area contributed by atoms with Crippen molar-refractivity contribution in [2.24, 2.45) is 17.0 Å². The van der Waals surface area contributed by atoms with Crippen LogP contribution < -0.4 is 5.14 Å². The molecule has 0 aromatic heterocycles. The lowest BCUT2D eigenvalue weighted by atomic mass is 9.97. The predicted molar refractivity (Wildman–Crippen MR) is 52.2 cm³/mol.